The molecule has 5 heterocycles. The number of phenolic OH excluding ortho intramolecular Hbond substituents is 1. The van der Waals surface area contributed by atoms with Crippen molar-refractivity contribution < 1.29 is 26.2 Å². The first-order valence-corrected chi connectivity index (χ1v) is 14.6. The number of aromatic nitrogens is 5. The van der Waals surface area contributed by atoms with Crippen LogP contribution >= 0.6 is 0 Å². The third-order valence-corrected chi connectivity index (χ3v) is 8.87. The van der Waals surface area contributed by atoms with Gasteiger partial charge in [0.05, 0.1) is 22.6 Å². The molecule has 10 rings (SSSR count). The Balaban J connectivity index is 0.00000281. The van der Waals surface area contributed by atoms with Crippen molar-refractivity contribution in [3.63, 3.8) is 0 Å². The predicted octanol–water partition coefficient (Wildman–Crippen LogP) is 8.73. The Morgan fingerprint density at radius 2 is 1.13 bits per heavy atom. The maximum atomic E-state index is 11.0. The van der Waals surface area contributed by atoms with Crippen molar-refractivity contribution >= 4 is 71.1 Å². The molecule has 0 fully saturated rings. The predicted molar refractivity (Wildman–Crippen MR) is 177 cm³/mol. The number of benzene rings is 5. The van der Waals surface area contributed by atoms with Gasteiger partial charge in [0.25, 0.3) is 0 Å². The Bertz CT molecular complexity index is 2750. The number of fused-ring (bicyclic) bond motifs is 12. The van der Waals surface area contributed by atoms with Crippen LogP contribution in [0.25, 0.3) is 82.7 Å². The first-order valence-electron chi connectivity index (χ1n) is 14.6. The van der Waals surface area contributed by atoms with Crippen LogP contribution in [-0.4, -0.2) is 28.6 Å². The second-order valence-electron chi connectivity index (χ2n) is 11.2. The summed E-state index contributed by atoms with van der Waals surface area (Å²) in [6, 6.07) is 44.5. The standard InChI is InChI=1S/C38H22N5O.Pt/c44-33-19-9-14-27-25-12-1-5-15-29(25)41-22-35(40-38(41)36(27)33)43-32-18-8-4-13-26(32)28-20-21-34(39-37(28)43)42-30-16-6-2-10-23(30)24-11-3-7-17-31(24)42;/h1-16,18-22,44H;/q-1;. The molecule has 0 aliphatic heterocycles. The Morgan fingerprint density at radius 1 is 0.511 bits per heavy atom. The number of aromatic hydroxyl groups is 1. The molecule has 0 atom stereocenters. The molecule has 0 unspecified atom stereocenters. The van der Waals surface area contributed by atoms with Crippen LogP contribution in [0.2, 0.25) is 0 Å². The van der Waals surface area contributed by atoms with Crippen molar-refractivity contribution in [2.75, 3.05) is 0 Å². The largest absolute Gasteiger partial charge is 0.507 e. The minimum absolute atomic E-state index is 0. The molecule has 0 bridgehead atoms. The normalized spacial score (nSPS) is 11.9. The van der Waals surface area contributed by atoms with Crippen molar-refractivity contribution in [2.24, 2.45) is 0 Å². The molecule has 0 aliphatic carbocycles. The van der Waals surface area contributed by atoms with Crippen LogP contribution in [0.5, 0.6) is 5.75 Å². The third-order valence-electron chi connectivity index (χ3n) is 8.87. The molecule has 7 heteroatoms. The summed E-state index contributed by atoms with van der Waals surface area (Å²) in [6.07, 6.45) is 2.05. The number of imidazole rings is 1. The maximum Gasteiger partial charge on any atom is 0.158 e. The molecule has 45 heavy (non-hydrogen) atoms. The Kier molecular flexibility index (Phi) is 5.50. The van der Waals surface area contributed by atoms with E-state index >= 15 is 0 Å². The van der Waals surface area contributed by atoms with Gasteiger partial charge >= 0.3 is 0 Å². The number of pyridine rings is 2. The molecular weight excluding hydrogens is 738 g/mol. The number of hydrogen-bond acceptors (Lipinski definition) is 3. The Labute approximate surface area is 270 Å². The van der Waals surface area contributed by atoms with E-state index in [0.717, 1.165) is 71.7 Å². The molecule has 0 radical (unpaired) electrons. The van der Waals surface area contributed by atoms with E-state index in [1.807, 2.05) is 42.5 Å². The van der Waals surface area contributed by atoms with Crippen LogP contribution in [0.15, 0.2) is 128 Å². The Hall–Kier alpha value is -5.45. The minimum Gasteiger partial charge on any atom is -0.507 e. The fourth-order valence-electron chi connectivity index (χ4n) is 7.02. The van der Waals surface area contributed by atoms with E-state index in [1.54, 1.807) is 6.07 Å². The first-order chi connectivity index (χ1) is 21.8. The average molecular weight is 760 g/mol. The zero-order chi connectivity index (χ0) is 28.9. The van der Waals surface area contributed by atoms with Crippen LogP contribution in [0.1, 0.15) is 0 Å². The van der Waals surface area contributed by atoms with Gasteiger partial charge in [0.15, 0.2) is 11.5 Å². The van der Waals surface area contributed by atoms with Gasteiger partial charge in [0.2, 0.25) is 0 Å². The van der Waals surface area contributed by atoms with Crippen LogP contribution < -0.4 is 0 Å². The molecule has 5 aromatic carbocycles. The van der Waals surface area contributed by atoms with Crippen molar-refractivity contribution in [1.82, 2.24) is 23.5 Å². The SMILES string of the molecule is Oc1cccc2c3ccccc3n3cc(-n4c5ccccc5c5ccc(-n6c7[c-]cccc7c7ccccc76)nc54)nc3c12.[Pt]. The molecule has 0 saturated carbocycles. The van der Waals surface area contributed by atoms with Crippen molar-refractivity contribution in [3.05, 3.63) is 134 Å². The molecular formula is C38H22N5OPt-. The van der Waals surface area contributed by atoms with Crippen LogP contribution in [0.4, 0.5) is 0 Å². The van der Waals surface area contributed by atoms with Gasteiger partial charge in [-0.05, 0) is 47.2 Å². The van der Waals surface area contributed by atoms with Gasteiger partial charge in [-0.15, -0.1) is 5.39 Å². The maximum absolute atomic E-state index is 11.0. The molecule has 0 spiro atoms. The summed E-state index contributed by atoms with van der Waals surface area (Å²) < 4.78 is 6.41. The number of hydrogen-bond donors (Lipinski definition) is 1. The van der Waals surface area contributed by atoms with E-state index in [2.05, 4.69) is 98.6 Å². The number of phenols is 1. The summed E-state index contributed by atoms with van der Waals surface area (Å²) in [5.41, 5.74) is 5.62. The van der Waals surface area contributed by atoms with Crippen LogP contribution in [0, 0.1) is 6.07 Å². The summed E-state index contributed by atoms with van der Waals surface area (Å²) in [6.45, 7) is 0. The van der Waals surface area contributed by atoms with E-state index < -0.39 is 0 Å². The monoisotopic (exact) mass is 759 g/mol. The van der Waals surface area contributed by atoms with E-state index in [9.17, 15) is 5.11 Å². The molecule has 6 nitrogen and oxygen atoms in total. The summed E-state index contributed by atoms with van der Waals surface area (Å²) in [7, 11) is 0. The van der Waals surface area contributed by atoms with Gasteiger partial charge in [-0.2, -0.15) is 24.3 Å². The smallest absolute Gasteiger partial charge is 0.158 e. The topological polar surface area (TPSA) is 60.3 Å². The molecule has 0 aliphatic rings. The van der Waals surface area contributed by atoms with Gasteiger partial charge in [-0.1, -0.05) is 72.2 Å². The minimum atomic E-state index is 0. The average Bonchev–Trinajstić information content (AvgIpc) is 3.75. The van der Waals surface area contributed by atoms with Gasteiger partial charge in [0, 0.05) is 42.7 Å². The fraction of sp³-hybridized carbons (Fsp3) is 0. The van der Waals surface area contributed by atoms with E-state index in [-0.39, 0.29) is 26.8 Å². The van der Waals surface area contributed by atoms with Crippen molar-refractivity contribution in [3.8, 4) is 17.4 Å². The molecule has 5 aromatic heterocycles. The molecule has 216 valence electrons. The van der Waals surface area contributed by atoms with Gasteiger partial charge < -0.3 is 9.67 Å². The van der Waals surface area contributed by atoms with Crippen molar-refractivity contribution in [1.29, 1.82) is 0 Å². The second kappa shape index (κ2) is 9.52. The molecule has 10 aromatic rings. The van der Waals surface area contributed by atoms with E-state index in [1.165, 1.54) is 5.39 Å². The first kappa shape index (κ1) is 26.0. The summed E-state index contributed by atoms with van der Waals surface area (Å²) in [4.78, 5) is 10.6. The number of para-hydroxylation sites is 4. The van der Waals surface area contributed by atoms with Gasteiger partial charge in [-0.3, -0.25) is 8.97 Å². The third kappa shape index (κ3) is 3.49. The molecule has 1 N–H and O–H groups in total. The fourth-order valence-corrected chi connectivity index (χ4v) is 7.02. The summed E-state index contributed by atoms with van der Waals surface area (Å²) in [5.74, 6) is 1.75. The Morgan fingerprint density at radius 3 is 1.93 bits per heavy atom. The molecule has 0 saturated heterocycles. The number of nitrogens with zero attached hydrogens (tertiary/aromatic N) is 5. The van der Waals surface area contributed by atoms with Crippen LogP contribution in [0.3, 0.4) is 0 Å². The zero-order valence-electron chi connectivity index (χ0n) is 23.6. The van der Waals surface area contributed by atoms with E-state index in [4.69, 9.17) is 9.97 Å². The van der Waals surface area contributed by atoms with Gasteiger partial charge in [0.1, 0.15) is 17.2 Å². The zero-order valence-corrected chi connectivity index (χ0v) is 25.9. The summed E-state index contributed by atoms with van der Waals surface area (Å²) >= 11 is 0. The quantitative estimate of drug-likeness (QED) is 0.142. The van der Waals surface area contributed by atoms with Gasteiger partial charge in [-0.25, -0.2) is 9.97 Å². The van der Waals surface area contributed by atoms with Crippen LogP contribution in [-0.2, 0) is 21.1 Å². The summed E-state index contributed by atoms with van der Waals surface area (Å²) in [5, 5.41) is 18.3. The van der Waals surface area contributed by atoms with E-state index in [0.29, 0.717) is 5.65 Å². The second-order valence-corrected chi connectivity index (χ2v) is 11.2. The van der Waals surface area contributed by atoms with Crippen molar-refractivity contribution in [2.45, 2.75) is 0 Å². The molecule has 0 amide bonds. The number of rotatable bonds is 2.